The van der Waals surface area contributed by atoms with E-state index in [4.69, 9.17) is 0 Å². The molecule has 2 rings (SSSR count). The van der Waals surface area contributed by atoms with Gasteiger partial charge in [0.25, 0.3) is 0 Å². The van der Waals surface area contributed by atoms with Crippen LogP contribution in [0.15, 0.2) is 12.3 Å². The van der Waals surface area contributed by atoms with Gasteiger partial charge >= 0.3 is 0 Å². The summed E-state index contributed by atoms with van der Waals surface area (Å²) >= 11 is 0. The number of nitrogens with one attached hydrogen (secondary N) is 1. The zero-order valence-corrected chi connectivity index (χ0v) is 11.4. The largest absolute Gasteiger partial charge is 0.311 e. The number of nitrogens with zero attached hydrogens (tertiary/aromatic N) is 2. The lowest BCUT2D eigenvalue weighted by molar-refractivity contribution is 0.335. The Kier molecular flexibility index (Phi) is 3.87. The molecule has 1 heterocycles. The highest BCUT2D eigenvalue weighted by Gasteiger charge is 2.44. The number of aryl methyl sites for hydroxylation is 1. The van der Waals surface area contributed by atoms with Gasteiger partial charge in [-0.05, 0) is 36.7 Å². The molecule has 1 aromatic rings. The van der Waals surface area contributed by atoms with E-state index in [-0.39, 0.29) is 0 Å². The summed E-state index contributed by atoms with van der Waals surface area (Å²) in [6.45, 7) is 10.0. The van der Waals surface area contributed by atoms with E-state index in [2.05, 4.69) is 41.9 Å². The van der Waals surface area contributed by atoms with E-state index in [0.29, 0.717) is 5.41 Å². The van der Waals surface area contributed by atoms with Crippen LogP contribution in [-0.4, -0.2) is 16.3 Å². The molecule has 96 valence electrons. The van der Waals surface area contributed by atoms with Crippen LogP contribution in [0.4, 0.5) is 0 Å². The quantitative estimate of drug-likeness (QED) is 0.787. The Morgan fingerprint density at radius 3 is 2.82 bits per heavy atom. The van der Waals surface area contributed by atoms with Crippen molar-refractivity contribution in [2.75, 3.05) is 6.54 Å². The van der Waals surface area contributed by atoms with E-state index in [1.807, 2.05) is 6.20 Å². The van der Waals surface area contributed by atoms with Crippen molar-refractivity contribution >= 4 is 0 Å². The van der Waals surface area contributed by atoms with Crippen molar-refractivity contribution < 1.29 is 0 Å². The second-order valence-corrected chi connectivity index (χ2v) is 5.67. The molecule has 1 fully saturated rings. The zero-order chi connectivity index (χ0) is 12.3. The van der Waals surface area contributed by atoms with Gasteiger partial charge < -0.3 is 5.32 Å². The van der Waals surface area contributed by atoms with Crippen molar-refractivity contribution in [3.63, 3.8) is 0 Å². The van der Waals surface area contributed by atoms with Crippen LogP contribution >= 0.6 is 0 Å². The molecule has 0 amide bonds. The standard InChI is InChI=1S/C14H25N3/c1-4-9-17-13(5-8-16-17)10-15-11-14(6-7-14)12(2)3/h5,8,12,15H,4,6-7,9-11H2,1-3H3. The van der Waals surface area contributed by atoms with E-state index in [9.17, 15) is 0 Å². The molecule has 0 saturated heterocycles. The minimum Gasteiger partial charge on any atom is -0.311 e. The molecule has 1 aliphatic rings. The summed E-state index contributed by atoms with van der Waals surface area (Å²) in [5.74, 6) is 0.801. The molecular formula is C14H25N3. The Balaban J connectivity index is 1.80. The molecule has 1 saturated carbocycles. The van der Waals surface area contributed by atoms with E-state index in [0.717, 1.165) is 32.0 Å². The fourth-order valence-corrected chi connectivity index (χ4v) is 2.48. The summed E-state index contributed by atoms with van der Waals surface area (Å²) in [7, 11) is 0. The lowest BCUT2D eigenvalue weighted by atomic mass is 9.92. The van der Waals surface area contributed by atoms with Gasteiger partial charge in [-0.25, -0.2) is 0 Å². The predicted octanol–water partition coefficient (Wildman–Crippen LogP) is 2.82. The van der Waals surface area contributed by atoms with Crippen molar-refractivity contribution in [2.45, 2.75) is 53.1 Å². The maximum Gasteiger partial charge on any atom is 0.0522 e. The Morgan fingerprint density at radius 2 is 2.24 bits per heavy atom. The normalized spacial score (nSPS) is 17.6. The van der Waals surface area contributed by atoms with Crippen LogP contribution in [0.5, 0.6) is 0 Å². The van der Waals surface area contributed by atoms with Crippen LogP contribution in [0.2, 0.25) is 0 Å². The van der Waals surface area contributed by atoms with E-state index in [1.54, 1.807) is 0 Å². The fourth-order valence-electron chi connectivity index (χ4n) is 2.48. The average Bonchev–Trinajstić information content (AvgIpc) is 2.96. The number of hydrogen-bond acceptors (Lipinski definition) is 2. The molecule has 0 bridgehead atoms. The van der Waals surface area contributed by atoms with Crippen LogP contribution in [0.25, 0.3) is 0 Å². The van der Waals surface area contributed by atoms with Gasteiger partial charge in [0.05, 0.1) is 5.69 Å². The monoisotopic (exact) mass is 235 g/mol. The van der Waals surface area contributed by atoms with Gasteiger partial charge in [0.2, 0.25) is 0 Å². The lowest BCUT2D eigenvalue weighted by Gasteiger charge is -2.20. The Hall–Kier alpha value is -0.830. The van der Waals surface area contributed by atoms with Crippen molar-refractivity contribution in [1.82, 2.24) is 15.1 Å². The van der Waals surface area contributed by atoms with Gasteiger partial charge in [-0.15, -0.1) is 0 Å². The van der Waals surface area contributed by atoms with Gasteiger partial charge in [-0.3, -0.25) is 4.68 Å². The first-order valence-corrected chi connectivity index (χ1v) is 6.89. The summed E-state index contributed by atoms with van der Waals surface area (Å²) in [5.41, 5.74) is 1.90. The molecule has 0 aliphatic heterocycles. The van der Waals surface area contributed by atoms with E-state index < -0.39 is 0 Å². The Bertz CT molecular complexity index is 350. The molecule has 0 spiro atoms. The third kappa shape index (κ3) is 2.89. The highest BCUT2D eigenvalue weighted by atomic mass is 15.3. The van der Waals surface area contributed by atoms with Crippen molar-refractivity contribution in [1.29, 1.82) is 0 Å². The topological polar surface area (TPSA) is 29.9 Å². The van der Waals surface area contributed by atoms with Crippen LogP contribution in [0.3, 0.4) is 0 Å². The second-order valence-electron chi connectivity index (χ2n) is 5.67. The summed E-state index contributed by atoms with van der Waals surface area (Å²) in [6.07, 6.45) is 5.84. The molecule has 0 atom stereocenters. The molecular weight excluding hydrogens is 210 g/mol. The number of rotatable bonds is 7. The highest BCUT2D eigenvalue weighted by Crippen LogP contribution is 2.51. The predicted molar refractivity (Wildman–Crippen MR) is 70.7 cm³/mol. The van der Waals surface area contributed by atoms with Gasteiger partial charge in [-0.2, -0.15) is 5.10 Å². The first-order valence-electron chi connectivity index (χ1n) is 6.89. The van der Waals surface area contributed by atoms with Crippen LogP contribution in [0.1, 0.15) is 45.7 Å². The Labute approximate surface area is 105 Å². The molecule has 1 aliphatic carbocycles. The number of aromatic nitrogens is 2. The van der Waals surface area contributed by atoms with Crippen LogP contribution < -0.4 is 5.32 Å². The van der Waals surface area contributed by atoms with Crippen LogP contribution in [-0.2, 0) is 13.1 Å². The van der Waals surface area contributed by atoms with Gasteiger partial charge in [0.1, 0.15) is 0 Å². The van der Waals surface area contributed by atoms with Crippen molar-refractivity contribution in [3.05, 3.63) is 18.0 Å². The summed E-state index contributed by atoms with van der Waals surface area (Å²) in [4.78, 5) is 0. The lowest BCUT2D eigenvalue weighted by Crippen LogP contribution is -2.28. The van der Waals surface area contributed by atoms with Crippen molar-refractivity contribution in [2.24, 2.45) is 11.3 Å². The summed E-state index contributed by atoms with van der Waals surface area (Å²) in [5, 5.41) is 7.96. The Morgan fingerprint density at radius 1 is 1.47 bits per heavy atom. The molecule has 1 aromatic heterocycles. The third-order valence-corrected chi connectivity index (χ3v) is 4.14. The fraction of sp³-hybridized carbons (Fsp3) is 0.786. The molecule has 0 radical (unpaired) electrons. The van der Waals surface area contributed by atoms with Gasteiger partial charge in [0.15, 0.2) is 0 Å². The highest BCUT2D eigenvalue weighted by molar-refractivity contribution is 5.02. The SMILES string of the molecule is CCCn1nccc1CNCC1(C(C)C)CC1. The van der Waals surface area contributed by atoms with E-state index >= 15 is 0 Å². The molecule has 3 nitrogen and oxygen atoms in total. The second kappa shape index (κ2) is 5.21. The van der Waals surface area contributed by atoms with Gasteiger partial charge in [-0.1, -0.05) is 20.8 Å². The molecule has 0 aromatic carbocycles. The van der Waals surface area contributed by atoms with Crippen molar-refractivity contribution in [3.8, 4) is 0 Å². The molecule has 17 heavy (non-hydrogen) atoms. The molecule has 1 N–H and O–H groups in total. The minimum atomic E-state index is 0.593. The maximum absolute atomic E-state index is 4.35. The number of hydrogen-bond donors (Lipinski definition) is 1. The minimum absolute atomic E-state index is 0.593. The summed E-state index contributed by atoms with van der Waals surface area (Å²) < 4.78 is 2.11. The molecule has 0 unspecified atom stereocenters. The van der Waals surface area contributed by atoms with Gasteiger partial charge in [0, 0.05) is 25.8 Å². The maximum atomic E-state index is 4.35. The smallest absolute Gasteiger partial charge is 0.0522 e. The molecule has 3 heteroatoms. The first-order chi connectivity index (χ1) is 8.18. The third-order valence-electron chi connectivity index (χ3n) is 4.14. The summed E-state index contributed by atoms with van der Waals surface area (Å²) in [6, 6.07) is 2.12. The van der Waals surface area contributed by atoms with E-state index in [1.165, 1.54) is 18.5 Å². The zero-order valence-electron chi connectivity index (χ0n) is 11.4. The van der Waals surface area contributed by atoms with Crippen LogP contribution in [0, 0.1) is 11.3 Å². The average molecular weight is 235 g/mol. The first kappa shape index (κ1) is 12.6.